The van der Waals surface area contributed by atoms with E-state index in [1.807, 2.05) is 17.5 Å². The molecule has 2 aromatic heterocycles. The molecule has 10 heteroatoms. The van der Waals surface area contributed by atoms with E-state index in [9.17, 15) is 18.0 Å². The molecule has 3 heterocycles. The molecule has 0 spiro atoms. The fraction of sp³-hybridized carbons (Fsp3) is 0.556. The number of likely N-dealkylation sites (tertiary alicyclic amines) is 1. The summed E-state index contributed by atoms with van der Waals surface area (Å²) in [7, 11) is -1.36. The molecule has 1 aliphatic heterocycles. The lowest BCUT2D eigenvalue weighted by molar-refractivity contribution is 0.141. The van der Waals surface area contributed by atoms with Crippen LogP contribution in [0, 0.1) is 5.92 Å². The second kappa shape index (κ2) is 8.32. The Kier molecular flexibility index (Phi) is 6.23. The monoisotopic (exact) mass is 426 g/mol. The van der Waals surface area contributed by atoms with Crippen LogP contribution >= 0.6 is 11.3 Å². The number of hydrogen-bond donors (Lipinski definition) is 1. The predicted octanol–water partition coefficient (Wildman–Crippen LogP) is 0.897. The molecule has 1 aliphatic rings. The standard InChI is InChI=1S/C18H26N4O4S2/c1-13-6-8-22(9-7-13)14(15-5-4-10-27-15)11-19-28(25,26)16-12-20(2)18(24)21(3)17(16)23/h4-5,10,12-14,19H,6-9,11H2,1-3H3/t14-/m0/s1. The first-order valence-electron chi connectivity index (χ1n) is 9.24. The number of piperidine rings is 1. The molecule has 3 rings (SSSR count). The highest BCUT2D eigenvalue weighted by molar-refractivity contribution is 7.89. The van der Waals surface area contributed by atoms with Gasteiger partial charge in [0.1, 0.15) is 0 Å². The lowest BCUT2D eigenvalue weighted by Crippen LogP contribution is -2.44. The molecule has 0 amide bonds. The minimum absolute atomic E-state index is 0.0846. The lowest BCUT2D eigenvalue weighted by atomic mass is 9.97. The summed E-state index contributed by atoms with van der Waals surface area (Å²) in [5.74, 6) is 0.672. The minimum Gasteiger partial charge on any atom is -0.302 e. The van der Waals surface area contributed by atoms with Crippen molar-refractivity contribution in [3.8, 4) is 0 Å². The molecule has 28 heavy (non-hydrogen) atoms. The van der Waals surface area contributed by atoms with Crippen molar-refractivity contribution < 1.29 is 8.42 Å². The van der Waals surface area contributed by atoms with Crippen molar-refractivity contribution in [1.82, 2.24) is 18.8 Å². The molecule has 0 bridgehead atoms. The predicted molar refractivity (Wildman–Crippen MR) is 109 cm³/mol. The number of hydrogen-bond acceptors (Lipinski definition) is 6. The van der Waals surface area contributed by atoms with Crippen LogP contribution in [0.25, 0.3) is 0 Å². The number of rotatable bonds is 6. The van der Waals surface area contributed by atoms with E-state index in [4.69, 9.17) is 0 Å². The van der Waals surface area contributed by atoms with Crippen molar-refractivity contribution in [3.63, 3.8) is 0 Å². The van der Waals surface area contributed by atoms with Gasteiger partial charge in [0.25, 0.3) is 5.56 Å². The maximum atomic E-state index is 12.8. The van der Waals surface area contributed by atoms with Crippen LogP contribution in [0.4, 0.5) is 0 Å². The fourth-order valence-corrected chi connectivity index (χ4v) is 5.51. The average molecular weight is 427 g/mol. The van der Waals surface area contributed by atoms with E-state index < -0.39 is 26.2 Å². The molecule has 8 nitrogen and oxygen atoms in total. The van der Waals surface area contributed by atoms with E-state index in [0.717, 1.165) is 46.1 Å². The van der Waals surface area contributed by atoms with Crippen molar-refractivity contribution in [2.75, 3.05) is 19.6 Å². The zero-order valence-electron chi connectivity index (χ0n) is 16.3. The highest BCUT2D eigenvalue weighted by Gasteiger charge is 2.28. The third kappa shape index (κ3) is 4.29. The number of nitrogens with one attached hydrogen (secondary N) is 1. The van der Waals surface area contributed by atoms with Crippen molar-refractivity contribution >= 4 is 21.4 Å². The van der Waals surface area contributed by atoms with Crippen LogP contribution in [0.5, 0.6) is 0 Å². The summed E-state index contributed by atoms with van der Waals surface area (Å²) in [6, 6.07) is 3.88. The molecule has 0 aromatic carbocycles. The average Bonchev–Trinajstić information content (AvgIpc) is 3.18. The van der Waals surface area contributed by atoms with E-state index >= 15 is 0 Å². The molecule has 1 N–H and O–H groups in total. The maximum Gasteiger partial charge on any atom is 0.330 e. The summed E-state index contributed by atoms with van der Waals surface area (Å²) in [5.41, 5.74) is -1.39. The first-order valence-corrected chi connectivity index (χ1v) is 11.6. The third-order valence-corrected chi connectivity index (χ3v) is 7.68. The van der Waals surface area contributed by atoms with Gasteiger partial charge in [-0.25, -0.2) is 17.9 Å². The molecule has 0 unspecified atom stereocenters. The van der Waals surface area contributed by atoms with Gasteiger partial charge in [0.2, 0.25) is 10.0 Å². The molecule has 2 aromatic rings. The van der Waals surface area contributed by atoms with Gasteiger partial charge in [0.05, 0.1) is 6.04 Å². The van der Waals surface area contributed by atoms with Crippen molar-refractivity contribution in [3.05, 3.63) is 49.4 Å². The van der Waals surface area contributed by atoms with E-state index in [1.165, 1.54) is 14.1 Å². The Morgan fingerprint density at radius 1 is 1.25 bits per heavy atom. The quantitative estimate of drug-likeness (QED) is 0.741. The molecular formula is C18H26N4O4S2. The van der Waals surface area contributed by atoms with Crippen LogP contribution in [-0.2, 0) is 24.1 Å². The van der Waals surface area contributed by atoms with Gasteiger partial charge in [0.15, 0.2) is 4.90 Å². The van der Waals surface area contributed by atoms with Gasteiger partial charge >= 0.3 is 5.69 Å². The SMILES string of the molecule is CC1CCN([C@@H](CNS(=O)(=O)c2cn(C)c(=O)n(C)c2=O)c2cccs2)CC1. The van der Waals surface area contributed by atoms with Gasteiger partial charge < -0.3 is 4.57 Å². The molecule has 0 saturated carbocycles. The lowest BCUT2D eigenvalue weighted by Gasteiger charge is -2.36. The number of aromatic nitrogens is 2. The number of aryl methyl sites for hydroxylation is 1. The topological polar surface area (TPSA) is 93.4 Å². The highest BCUT2D eigenvalue weighted by atomic mass is 32.2. The first kappa shape index (κ1) is 21.0. The van der Waals surface area contributed by atoms with E-state index in [-0.39, 0.29) is 12.6 Å². The summed E-state index contributed by atoms with van der Waals surface area (Å²) >= 11 is 1.59. The number of sulfonamides is 1. The van der Waals surface area contributed by atoms with Crippen molar-refractivity contribution in [2.45, 2.75) is 30.7 Å². The first-order chi connectivity index (χ1) is 13.2. The molecule has 1 fully saturated rings. The second-order valence-corrected chi connectivity index (χ2v) is 10.1. The van der Waals surface area contributed by atoms with Gasteiger partial charge in [-0.2, -0.15) is 0 Å². The Hall–Kier alpha value is -1.75. The van der Waals surface area contributed by atoms with Gasteiger partial charge in [-0.3, -0.25) is 14.3 Å². The van der Waals surface area contributed by atoms with Crippen molar-refractivity contribution in [2.24, 2.45) is 20.0 Å². The Morgan fingerprint density at radius 3 is 2.54 bits per heavy atom. The Bertz CT molecular complexity index is 1030. The van der Waals surface area contributed by atoms with Crippen LogP contribution in [0.1, 0.15) is 30.7 Å². The molecule has 0 radical (unpaired) electrons. The second-order valence-electron chi connectivity index (χ2n) is 7.35. The van der Waals surface area contributed by atoms with Crippen LogP contribution in [0.15, 0.2) is 38.2 Å². The fourth-order valence-electron chi connectivity index (χ4n) is 3.46. The number of nitrogens with zero attached hydrogens (tertiary/aromatic N) is 3. The summed E-state index contributed by atoms with van der Waals surface area (Å²) in [6.45, 7) is 4.22. The van der Waals surface area contributed by atoms with Gasteiger partial charge in [-0.05, 0) is 43.3 Å². The molecule has 1 saturated heterocycles. The van der Waals surface area contributed by atoms with Crippen LogP contribution in [-0.4, -0.2) is 42.1 Å². The Balaban J connectivity index is 1.85. The molecule has 154 valence electrons. The van der Waals surface area contributed by atoms with E-state index in [0.29, 0.717) is 5.92 Å². The molecule has 0 aliphatic carbocycles. The van der Waals surface area contributed by atoms with Crippen LogP contribution < -0.4 is 16.0 Å². The summed E-state index contributed by atoms with van der Waals surface area (Å²) in [6.07, 6.45) is 3.24. The maximum absolute atomic E-state index is 12.8. The Morgan fingerprint density at radius 2 is 1.93 bits per heavy atom. The summed E-state index contributed by atoms with van der Waals surface area (Å²) in [4.78, 5) is 27.1. The van der Waals surface area contributed by atoms with Crippen LogP contribution in [0.3, 0.4) is 0 Å². The van der Waals surface area contributed by atoms with Gasteiger partial charge in [-0.15, -0.1) is 11.3 Å². The minimum atomic E-state index is -4.05. The Labute approximate surface area is 168 Å². The van der Waals surface area contributed by atoms with E-state index in [1.54, 1.807) is 11.3 Å². The highest BCUT2D eigenvalue weighted by Crippen LogP contribution is 2.29. The van der Waals surface area contributed by atoms with Crippen molar-refractivity contribution in [1.29, 1.82) is 0 Å². The van der Waals surface area contributed by atoms with E-state index in [2.05, 4.69) is 16.5 Å². The largest absolute Gasteiger partial charge is 0.330 e. The van der Waals surface area contributed by atoms with Crippen LogP contribution in [0.2, 0.25) is 0 Å². The smallest absolute Gasteiger partial charge is 0.302 e. The van der Waals surface area contributed by atoms with Gasteiger partial charge in [0, 0.05) is 31.7 Å². The number of thiophene rings is 1. The zero-order valence-corrected chi connectivity index (χ0v) is 17.9. The third-order valence-electron chi connectivity index (χ3n) is 5.30. The van der Waals surface area contributed by atoms with Gasteiger partial charge in [-0.1, -0.05) is 13.0 Å². The molecule has 1 atom stereocenters. The normalized spacial score (nSPS) is 17.7. The summed E-state index contributed by atoms with van der Waals surface area (Å²) in [5, 5.41) is 1.98. The zero-order chi connectivity index (χ0) is 20.5. The molecular weight excluding hydrogens is 400 g/mol. The summed E-state index contributed by atoms with van der Waals surface area (Å²) < 4.78 is 30.1.